The van der Waals surface area contributed by atoms with Crippen molar-refractivity contribution in [3.63, 3.8) is 0 Å². The van der Waals surface area contributed by atoms with Crippen molar-refractivity contribution in [1.82, 2.24) is 0 Å². The Morgan fingerprint density at radius 2 is 1.67 bits per heavy atom. The second-order valence-electron chi connectivity index (χ2n) is 6.12. The standard InChI is InChI=1S/C21H18INO/c22-17-8-6-15(7-9-17)21-20-11-10-19(24)14-16(20)12-13-23(21)18-4-2-1-3-5-18/h1-11,14,21,24H,12-13H2. The molecule has 1 aliphatic rings. The molecule has 1 atom stereocenters. The predicted octanol–water partition coefficient (Wildman–Crippen LogP) is 5.15. The van der Waals surface area contributed by atoms with E-state index in [1.165, 1.54) is 25.9 Å². The Hall–Kier alpha value is -2.01. The number of para-hydroxylation sites is 1. The molecule has 0 aromatic heterocycles. The third-order valence-electron chi connectivity index (χ3n) is 4.63. The molecule has 3 heteroatoms. The highest BCUT2D eigenvalue weighted by Crippen LogP contribution is 2.39. The van der Waals surface area contributed by atoms with E-state index in [1.807, 2.05) is 6.07 Å². The molecule has 120 valence electrons. The summed E-state index contributed by atoms with van der Waals surface area (Å²) in [5, 5.41) is 9.85. The number of halogens is 1. The first-order valence-corrected chi connectivity index (χ1v) is 9.19. The van der Waals surface area contributed by atoms with E-state index in [1.54, 1.807) is 6.07 Å². The number of rotatable bonds is 2. The first-order chi connectivity index (χ1) is 11.7. The minimum Gasteiger partial charge on any atom is -0.508 e. The fourth-order valence-corrected chi connectivity index (χ4v) is 3.88. The Labute approximate surface area is 155 Å². The van der Waals surface area contributed by atoms with Crippen LogP contribution in [-0.2, 0) is 6.42 Å². The van der Waals surface area contributed by atoms with Crippen molar-refractivity contribution in [2.24, 2.45) is 0 Å². The van der Waals surface area contributed by atoms with E-state index in [4.69, 9.17) is 0 Å². The number of phenolic OH excluding ortho intramolecular Hbond substituents is 1. The van der Waals surface area contributed by atoms with E-state index in [2.05, 4.69) is 88.2 Å². The van der Waals surface area contributed by atoms with Gasteiger partial charge >= 0.3 is 0 Å². The average molecular weight is 427 g/mol. The first-order valence-electron chi connectivity index (χ1n) is 8.11. The smallest absolute Gasteiger partial charge is 0.115 e. The van der Waals surface area contributed by atoms with Gasteiger partial charge in [-0.25, -0.2) is 0 Å². The Bertz CT molecular complexity index is 845. The molecule has 0 spiro atoms. The molecule has 3 aromatic carbocycles. The molecular formula is C21H18INO. The lowest BCUT2D eigenvalue weighted by molar-refractivity contribution is 0.473. The second kappa shape index (κ2) is 6.48. The Kier molecular flexibility index (Phi) is 4.19. The molecule has 4 rings (SSSR count). The van der Waals surface area contributed by atoms with Crippen LogP contribution >= 0.6 is 22.6 Å². The molecule has 0 fully saturated rings. The number of hydrogen-bond acceptors (Lipinski definition) is 2. The monoisotopic (exact) mass is 427 g/mol. The van der Waals surface area contributed by atoms with Crippen LogP contribution in [0.5, 0.6) is 5.75 Å². The highest BCUT2D eigenvalue weighted by atomic mass is 127. The molecule has 1 heterocycles. The molecule has 0 saturated heterocycles. The van der Waals surface area contributed by atoms with Crippen LogP contribution in [0.2, 0.25) is 0 Å². The predicted molar refractivity (Wildman–Crippen MR) is 107 cm³/mol. The Morgan fingerprint density at radius 1 is 0.917 bits per heavy atom. The lowest BCUT2D eigenvalue weighted by Crippen LogP contribution is -2.36. The fourth-order valence-electron chi connectivity index (χ4n) is 3.52. The molecule has 1 unspecified atom stereocenters. The van der Waals surface area contributed by atoms with Gasteiger partial charge in [0.15, 0.2) is 0 Å². The van der Waals surface area contributed by atoms with Gasteiger partial charge in [0, 0.05) is 15.8 Å². The van der Waals surface area contributed by atoms with Crippen LogP contribution in [0.25, 0.3) is 0 Å². The Morgan fingerprint density at radius 3 is 2.42 bits per heavy atom. The maximum absolute atomic E-state index is 9.85. The third kappa shape index (κ3) is 2.88. The van der Waals surface area contributed by atoms with E-state index in [9.17, 15) is 5.11 Å². The molecule has 24 heavy (non-hydrogen) atoms. The van der Waals surface area contributed by atoms with Crippen molar-refractivity contribution in [1.29, 1.82) is 0 Å². The normalized spacial score (nSPS) is 16.7. The number of hydrogen-bond donors (Lipinski definition) is 1. The van der Waals surface area contributed by atoms with E-state index < -0.39 is 0 Å². The molecule has 0 saturated carbocycles. The zero-order valence-corrected chi connectivity index (χ0v) is 15.3. The summed E-state index contributed by atoms with van der Waals surface area (Å²) in [4.78, 5) is 2.46. The maximum atomic E-state index is 9.85. The number of benzene rings is 3. The number of phenols is 1. The number of fused-ring (bicyclic) bond motifs is 1. The fraction of sp³-hybridized carbons (Fsp3) is 0.143. The van der Waals surface area contributed by atoms with Crippen molar-refractivity contribution in [3.8, 4) is 5.75 Å². The van der Waals surface area contributed by atoms with Gasteiger partial charge in [-0.3, -0.25) is 0 Å². The molecule has 0 amide bonds. The minimum absolute atomic E-state index is 0.175. The number of anilines is 1. The quantitative estimate of drug-likeness (QED) is 0.572. The van der Waals surface area contributed by atoms with Gasteiger partial charge in [0.2, 0.25) is 0 Å². The SMILES string of the molecule is Oc1ccc2c(c1)CCN(c1ccccc1)C2c1ccc(I)cc1. The summed E-state index contributed by atoms with van der Waals surface area (Å²) in [6, 6.07) is 25.3. The van der Waals surface area contributed by atoms with Crippen LogP contribution in [-0.4, -0.2) is 11.7 Å². The zero-order chi connectivity index (χ0) is 16.5. The van der Waals surface area contributed by atoms with Crippen LogP contribution in [0, 0.1) is 3.57 Å². The molecular weight excluding hydrogens is 409 g/mol. The molecule has 2 nitrogen and oxygen atoms in total. The number of nitrogens with zero attached hydrogens (tertiary/aromatic N) is 1. The van der Waals surface area contributed by atoms with E-state index in [0.717, 1.165) is 13.0 Å². The summed E-state index contributed by atoms with van der Waals surface area (Å²) in [5.41, 5.74) is 5.04. The molecule has 0 aliphatic carbocycles. The van der Waals surface area contributed by atoms with Crippen molar-refractivity contribution < 1.29 is 5.11 Å². The third-order valence-corrected chi connectivity index (χ3v) is 5.35. The lowest BCUT2D eigenvalue weighted by atomic mass is 9.87. The molecule has 1 aliphatic heterocycles. The van der Waals surface area contributed by atoms with Crippen molar-refractivity contribution in [3.05, 3.63) is 93.1 Å². The van der Waals surface area contributed by atoms with Crippen LogP contribution in [0.4, 0.5) is 5.69 Å². The number of aromatic hydroxyl groups is 1. The van der Waals surface area contributed by atoms with E-state index >= 15 is 0 Å². The van der Waals surface area contributed by atoms with Crippen molar-refractivity contribution in [2.45, 2.75) is 12.5 Å². The van der Waals surface area contributed by atoms with Crippen LogP contribution < -0.4 is 4.90 Å². The summed E-state index contributed by atoms with van der Waals surface area (Å²) < 4.78 is 1.24. The van der Waals surface area contributed by atoms with E-state index in [0.29, 0.717) is 5.75 Å². The molecule has 3 aromatic rings. The summed E-state index contributed by atoms with van der Waals surface area (Å²) in [6.07, 6.45) is 0.944. The summed E-state index contributed by atoms with van der Waals surface area (Å²) in [7, 11) is 0. The van der Waals surface area contributed by atoms with E-state index in [-0.39, 0.29) is 6.04 Å². The van der Waals surface area contributed by atoms with Gasteiger partial charge < -0.3 is 10.0 Å². The van der Waals surface area contributed by atoms with Gasteiger partial charge in [0.05, 0.1) is 6.04 Å². The average Bonchev–Trinajstić information content (AvgIpc) is 2.62. The highest BCUT2D eigenvalue weighted by molar-refractivity contribution is 14.1. The van der Waals surface area contributed by atoms with Crippen molar-refractivity contribution in [2.75, 3.05) is 11.4 Å². The largest absolute Gasteiger partial charge is 0.508 e. The minimum atomic E-state index is 0.175. The highest BCUT2D eigenvalue weighted by Gasteiger charge is 2.29. The van der Waals surface area contributed by atoms with Crippen LogP contribution in [0.1, 0.15) is 22.7 Å². The van der Waals surface area contributed by atoms with Crippen LogP contribution in [0.3, 0.4) is 0 Å². The van der Waals surface area contributed by atoms with Gasteiger partial charge in [-0.15, -0.1) is 0 Å². The summed E-state index contributed by atoms with van der Waals surface area (Å²) in [5.74, 6) is 0.350. The molecule has 0 bridgehead atoms. The topological polar surface area (TPSA) is 23.5 Å². The lowest BCUT2D eigenvalue weighted by Gasteiger charge is -2.39. The van der Waals surface area contributed by atoms with Crippen LogP contribution in [0.15, 0.2) is 72.8 Å². The molecule has 1 N–H and O–H groups in total. The zero-order valence-electron chi connectivity index (χ0n) is 13.2. The summed E-state index contributed by atoms with van der Waals surface area (Å²) in [6.45, 7) is 0.942. The van der Waals surface area contributed by atoms with Crippen molar-refractivity contribution >= 4 is 28.3 Å². The molecule has 0 radical (unpaired) electrons. The van der Waals surface area contributed by atoms with Gasteiger partial charge in [0.1, 0.15) is 5.75 Å². The first kappa shape index (κ1) is 15.5. The van der Waals surface area contributed by atoms with Gasteiger partial charge in [-0.1, -0.05) is 36.4 Å². The van der Waals surface area contributed by atoms with Gasteiger partial charge in [-0.2, -0.15) is 0 Å². The van der Waals surface area contributed by atoms with Gasteiger partial charge in [0.25, 0.3) is 0 Å². The van der Waals surface area contributed by atoms with Gasteiger partial charge in [-0.05, 0) is 82.1 Å². The summed E-state index contributed by atoms with van der Waals surface area (Å²) >= 11 is 2.34. The maximum Gasteiger partial charge on any atom is 0.115 e. The second-order valence-corrected chi connectivity index (χ2v) is 7.36. The Balaban J connectivity index is 1.86.